The maximum atomic E-state index is 13.4. The molecule has 5 nitrogen and oxygen atoms in total. The van der Waals surface area contributed by atoms with E-state index in [1.165, 1.54) is 6.07 Å². The maximum absolute atomic E-state index is 13.4. The molecule has 2 aliphatic rings. The number of aromatic nitrogens is 1. The molecule has 1 aromatic heterocycles. The van der Waals surface area contributed by atoms with E-state index in [9.17, 15) is 13.6 Å². The van der Waals surface area contributed by atoms with Crippen LogP contribution in [0.4, 0.5) is 25.0 Å². The molecular formula is C19H18Cl2F2N4O. The third-order valence-electron chi connectivity index (χ3n) is 5.33. The Kier molecular flexibility index (Phi) is 5.29. The van der Waals surface area contributed by atoms with Crippen LogP contribution in [0.3, 0.4) is 0 Å². The van der Waals surface area contributed by atoms with Crippen molar-refractivity contribution in [3.8, 4) is 0 Å². The van der Waals surface area contributed by atoms with E-state index in [4.69, 9.17) is 23.2 Å². The number of anilines is 2. The van der Waals surface area contributed by atoms with Gasteiger partial charge in [0.25, 0.3) is 0 Å². The average molecular weight is 427 g/mol. The second kappa shape index (κ2) is 7.72. The first-order valence-electron chi connectivity index (χ1n) is 9.02. The number of benzene rings is 1. The minimum atomic E-state index is -0.996. The van der Waals surface area contributed by atoms with Gasteiger partial charge in [0.05, 0.1) is 21.8 Å². The average Bonchev–Trinajstić information content (AvgIpc) is 2.94. The Balaban J connectivity index is 1.53. The number of rotatable bonds is 2. The maximum Gasteiger partial charge on any atom is 0.322 e. The van der Waals surface area contributed by atoms with Crippen molar-refractivity contribution in [3.05, 3.63) is 52.3 Å². The Labute approximate surface area is 171 Å². The Hall–Kier alpha value is -2.12. The quantitative estimate of drug-likeness (QED) is 0.739. The first kappa shape index (κ1) is 19.2. The van der Waals surface area contributed by atoms with E-state index in [1.807, 2.05) is 4.90 Å². The monoisotopic (exact) mass is 426 g/mol. The lowest BCUT2D eigenvalue weighted by Crippen LogP contribution is -2.45. The van der Waals surface area contributed by atoms with Crippen molar-refractivity contribution in [1.29, 1.82) is 0 Å². The van der Waals surface area contributed by atoms with Gasteiger partial charge in [-0.3, -0.25) is 4.98 Å². The lowest BCUT2D eigenvalue weighted by atomic mass is 10.1. The van der Waals surface area contributed by atoms with Gasteiger partial charge in [-0.1, -0.05) is 23.2 Å². The summed E-state index contributed by atoms with van der Waals surface area (Å²) in [6, 6.07) is 3.05. The summed E-state index contributed by atoms with van der Waals surface area (Å²) in [4.78, 5) is 20.8. The first-order chi connectivity index (χ1) is 13.4. The molecule has 3 heterocycles. The fraction of sp³-hybridized carbons (Fsp3) is 0.368. The topological polar surface area (TPSA) is 48.5 Å². The molecule has 2 aromatic rings. The third-order valence-corrected chi connectivity index (χ3v) is 5.89. The van der Waals surface area contributed by atoms with Gasteiger partial charge in [-0.05, 0) is 31.4 Å². The van der Waals surface area contributed by atoms with Gasteiger partial charge in [0.2, 0.25) is 0 Å². The van der Waals surface area contributed by atoms with E-state index in [2.05, 4.69) is 15.2 Å². The lowest BCUT2D eigenvalue weighted by molar-refractivity contribution is 0.190. The van der Waals surface area contributed by atoms with E-state index < -0.39 is 11.6 Å². The summed E-state index contributed by atoms with van der Waals surface area (Å²) in [6.45, 7) is 1.30. The van der Waals surface area contributed by atoms with Crippen molar-refractivity contribution in [2.45, 2.75) is 31.3 Å². The second-order valence-electron chi connectivity index (χ2n) is 7.04. The number of halogens is 4. The molecule has 2 amide bonds. The number of urea groups is 1. The minimum absolute atomic E-state index is 0.0295. The van der Waals surface area contributed by atoms with Gasteiger partial charge in [0.15, 0.2) is 11.6 Å². The molecule has 1 unspecified atom stereocenters. The van der Waals surface area contributed by atoms with Crippen LogP contribution in [0.1, 0.15) is 19.3 Å². The number of carbonyl (C=O) groups is 1. The van der Waals surface area contributed by atoms with Crippen LogP contribution in [-0.2, 0) is 0 Å². The fourth-order valence-electron chi connectivity index (χ4n) is 4.08. The summed E-state index contributed by atoms with van der Waals surface area (Å²) in [6.07, 6.45) is 5.63. The van der Waals surface area contributed by atoms with Crippen molar-refractivity contribution >= 4 is 40.6 Å². The van der Waals surface area contributed by atoms with Gasteiger partial charge in [-0.25, -0.2) is 13.6 Å². The van der Waals surface area contributed by atoms with Crippen molar-refractivity contribution in [2.75, 3.05) is 23.3 Å². The zero-order valence-electron chi connectivity index (χ0n) is 14.8. The van der Waals surface area contributed by atoms with Crippen molar-refractivity contribution in [3.63, 3.8) is 0 Å². The largest absolute Gasteiger partial charge is 0.367 e. The fourth-order valence-corrected chi connectivity index (χ4v) is 4.68. The van der Waals surface area contributed by atoms with Crippen LogP contribution in [0.5, 0.6) is 0 Å². The van der Waals surface area contributed by atoms with Gasteiger partial charge in [0.1, 0.15) is 0 Å². The highest BCUT2D eigenvalue weighted by atomic mass is 35.5. The van der Waals surface area contributed by atoms with Crippen molar-refractivity contribution < 1.29 is 13.6 Å². The van der Waals surface area contributed by atoms with Crippen LogP contribution < -0.4 is 10.2 Å². The number of pyridine rings is 1. The Morgan fingerprint density at radius 1 is 1.07 bits per heavy atom. The summed E-state index contributed by atoms with van der Waals surface area (Å²) in [5, 5.41) is 3.64. The van der Waals surface area contributed by atoms with E-state index in [1.54, 1.807) is 12.4 Å². The molecule has 0 saturated carbocycles. The Morgan fingerprint density at radius 2 is 1.79 bits per heavy atom. The summed E-state index contributed by atoms with van der Waals surface area (Å²) >= 11 is 12.6. The zero-order chi connectivity index (χ0) is 19.8. The van der Waals surface area contributed by atoms with E-state index in [0.29, 0.717) is 23.1 Å². The van der Waals surface area contributed by atoms with E-state index in [0.717, 1.165) is 37.1 Å². The van der Waals surface area contributed by atoms with Crippen LogP contribution >= 0.6 is 23.2 Å². The second-order valence-corrected chi connectivity index (χ2v) is 7.85. The highest BCUT2D eigenvalue weighted by molar-refractivity contribution is 6.38. The molecule has 0 radical (unpaired) electrons. The van der Waals surface area contributed by atoms with Gasteiger partial charge in [-0.2, -0.15) is 0 Å². The van der Waals surface area contributed by atoms with Crippen LogP contribution in [0, 0.1) is 11.6 Å². The molecule has 4 rings (SSSR count). The van der Waals surface area contributed by atoms with E-state index in [-0.39, 0.29) is 23.8 Å². The predicted molar refractivity (Wildman–Crippen MR) is 105 cm³/mol. The molecular weight excluding hydrogens is 409 g/mol. The molecule has 2 saturated heterocycles. The number of hydrogen-bond donors (Lipinski definition) is 1. The number of amides is 2. The number of carbonyl (C=O) groups excluding carboxylic acids is 1. The minimum Gasteiger partial charge on any atom is -0.367 e. The summed E-state index contributed by atoms with van der Waals surface area (Å²) in [5.74, 6) is -1.95. The molecule has 1 aromatic carbocycles. The molecule has 9 heteroatoms. The SMILES string of the molecule is O=C(Nc1ccc(F)c(F)c1)N1C2CC[C@@H]1CCN(c1c(Cl)cncc1Cl)C2. The van der Waals surface area contributed by atoms with Gasteiger partial charge >= 0.3 is 6.03 Å². The Bertz CT molecular complexity index is 893. The molecule has 2 aliphatic heterocycles. The summed E-state index contributed by atoms with van der Waals surface area (Å²) < 4.78 is 26.6. The molecule has 28 heavy (non-hydrogen) atoms. The van der Waals surface area contributed by atoms with Crippen LogP contribution in [0.25, 0.3) is 0 Å². The summed E-state index contributed by atoms with van der Waals surface area (Å²) in [7, 11) is 0. The van der Waals surface area contributed by atoms with Gasteiger partial charge < -0.3 is 15.1 Å². The van der Waals surface area contributed by atoms with Crippen LogP contribution in [0.2, 0.25) is 10.0 Å². The molecule has 148 valence electrons. The zero-order valence-corrected chi connectivity index (χ0v) is 16.4. The standard InChI is InChI=1S/C19H18Cl2F2N4O/c20-14-8-24-9-15(21)18(14)26-6-5-12-2-3-13(10-26)27(12)19(28)25-11-1-4-16(22)17(23)7-11/h1,4,7-9,12-13H,2-3,5-6,10H2,(H,25,28)/t12-,13?/m1/s1. The molecule has 0 aliphatic carbocycles. The number of nitrogens with zero attached hydrogens (tertiary/aromatic N) is 3. The number of hydrogen-bond acceptors (Lipinski definition) is 3. The lowest BCUT2D eigenvalue weighted by Gasteiger charge is -2.30. The third kappa shape index (κ3) is 3.61. The molecule has 2 fully saturated rings. The molecule has 2 bridgehead atoms. The normalized spacial score (nSPS) is 21.6. The predicted octanol–water partition coefficient (Wildman–Crippen LogP) is 4.94. The Morgan fingerprint density at radius 3 is 2.50 bits per heavy atom. The molecule has 0 spiro atoms. The molecule has 2 atom stereocenters. The highest BCUT2D eigenvalue weighted by Crippen LogP contribution is 2.38. The van der Waals surface area contributed by atoms with Gasteiger partial charge in [-0.15, -0.1) is 0 Å². The van der Waals surface area contributed by atoms with E-state index >= 15 is 0 Å². The number of fused-ring (bicyclic) bond motifs is 2. The first-order valence-corrected chi connectivity index (χ1v) is 9.78. The highest BCUT2D eigenvalue weighted by Gasteiger charge is 2.40. The van der Waals surface area contributed by atoms with Gasteiger partial charge in [0, 0.05) is 43.3 Å². The van der Waals surface area contributed by atoms with Crippen molar-refractivity contribution in [1.82, 2.24) is 9.88 Å². The van der Waals surface area contributed by atoms with Crippen LogP contribution in [-0.4, -0.2) is 41.1 Å². The van der Waals surface area contributed by atoms with Crippen LogP contribution in [0.15, 0.2) is 30.6 Å². The summed E-state index contributed by atoms with van der Waals surface area (Å²) in [5.41, 5.74) is 0.955. The van der Waals surface area contributed by atoms with Crippen molar-refractivity contribution in [2.24, 2.45) is 0 Å². The molecule has 1 N–H and O–H groups in total. The smallest absolute Gasteiger partial charge is 0.322 e. The number of nitrogens with one attached hydrogen (secondary N) is 1.